The Morgan fingerprint density at radius 1 is 1.16 bits per heavy atom. The second kappa shape index (κ2) is 5.80. The summed E-state index contributed by atoms with van der Waals surface area (Å²) < 4.78 is 4.99. The molecule has 0 aliphatic carbocycles. The third kappa shape index (κ3) is 3.29. The fourth-order valence-electron chi connectivity index (χ4n) is 1.60. The number of benzene rings is 1. The molecule has 19 heavy (non-hydrogen) atoms. The first kappa shape index (κ1) is 13.5. The Balaban J connectivity index is 1.98. The Hall–Kier alpha value is -1.94. The van der Waals surface area contributed by atoms with Crippen LogP contribution in [0.2, 0.25) is 0 Å². The number of ketones is 1. The van der Waals surface area contributed by atoms with Gasteiger partial charge < -0.3 is 4.74 Å². The van der Waals surface area contributed by atoms with Crippen LogP contribution in [-0.4, -0.2) is 18.4 Å². The van der Waals surface area contributed by atoms with Gasteiger partial charge in [0.05, 0.1) is 0 Å². The molecule has 0 atom stereocenters. The van der Waals surface area contributed by atoms with E-state index in [0.717, 1.165) is 11.1 Å². The highest BCUT2D eigenvalue weighted by Gasteiger charge is 2.12. The smallest absolute Gasteiger partial charge is 0.348 e. The van der Waals surface area contributed by atoms with Crippen LogP contribution in [0, 0.1) is 13.8 Å². The topological polar surface area (TPSA) is 43.4 Å². The van der Waals surface area contributed by atoms with Crippen molar-refractivity contribution in [3.63, 3.8) is 0 Å². The molecule has 0 N–H and O–H groups in total. The fourth-order valence-corrected chi connectivity index (χ4v) is 2.21. The van der Waals surface area contributed by atoms with Crippen molar-refractivity contribution < 1.29 is 14.3 Å². The van der Waals surface area contributed by atoms with Crippen LogP contribution < -0.4 is 0 Å². The van der Waals surface area contributed by atoms with Gasteiger partial charge in [0.25, 0.3) is 0 Å². The van der Waals surface area contributed by atoms with Gasteiger partial charge in [-0.2, -0.15) is 0 Å². The average Bonchev–Trinajstić information content (AvgIpc) is 2.92. The van der Waals surface area contributed by atoms with Gasteiger partial charge in [0.2, 0.25) is 0 Å². The van der Waals surface area contributed by atoms with Gasteiger partial charge >= 0.3 is 5.97 Å². The Morgan fingerprint density at radius 3 is 2.58 bits per heavy atom. The zero-order chi connectivity index (χ0) is 13.8. The summed E-state index contributed by atoms with van der Waals surface area (Å²) in [5.74, 6) is -0.639. The van der Waals surface area contributed by atoms with Crippen molar-refractivity contribution in [2.75, 3.05) is 6.61 Å². The summed E-state index contributed by atoms with van der Waals surface area (Å²) in [5, 5.41) is 1.79. The van der Waals surface area contributed by atoms with Gasteiger partial charge in [-0.3, -0.25) is 4.79 Å². The number of hydrogen-bond donors (Lipinski definition) is 0. The molecule has 2 aromatic rings. The summed E-state index contributed by atoms with van der Waals surface area (Å²) in [6.45, 7) is 3.71. The lowest BCUT2D eigenvalue weighted by atomic mass is 10.0. The first-order valence-corrected chi connectivity index (χ1v) is 6.77. The highest BCUT2D eigenvalue weighted by Crippen LogP contribution is 2.12. The van der Waals surface area contributed by atoms with Crippen LogP contribution in [0.4, 0.5) is 0 Å². The minimum absolute atomic E-state index is 0.187. The van der Waals surface area contributed by atoms with Gasteiger partial charge in [-0.15, -0.1) is 11.3 Å². The number of ether oxygens (including phenoxy) is 1. The number of carbonyl (C=O) groups excluding carboxylic acids is 2. The molecule has 0 aliphatic heterocycles. The highest BCUT2D eigenvalue weighted by molar-refractivity contribution is 7.11. The van der Waals surface area contributed by atoms with Crippen molar-refractivity contribution in [3.05, 3.63) is 57.3 Å². The van der Waals surface area contributed by atoms with E-state index in [0.29, 0.717) is 10.4 Å². The van der Waals surface area contributed by atoms with E-state index in [1.807, 2.05) is 26.0 Å². The zero-order valence-corrected chi connectivity index (χ0v) is 11.6. The molecular formula is C15H14O3S. The van der Waals surface area contributed by atoms with E-state index in [-0.39, 0.29) is 12.4 Å². The lowest BCUT2D eigenvalue weighted by Gasteiger charge is -2.05. The third-order valence-corrected chi connectivity index (χ3v) is 3.74. The fraction of sp³-hybridized carbons (Fsp3) is 0.200. The van der Waals surface area contributed by atoms with Crippen molar-refractivity contribution in [1.29, 1.82) is 0 Å². The third-order valence-electron chi connectivity index (χ3n) is 2.89. The minimum atomic E-state index is -0.452. The molecule has 0 amide bonds. The number of carbonyl (C=O) groups is 2. The number of hydrogen-bond acceptors (Lipinski definition) is 4. The van der Waals surface area contributed by atoms with E-state index >= 15 is 0 Å². The Labute approximate surface area is 115 Å². The SMILES string of the molecule is Cc1ccc(C(=O)COC(=O)c2cccs2)cc1C. The van der Waals surface area contributed by atoms with E-state index in [1.54, 1.807) is 23.6 Å². The lowest BCUT2D eigenvalue weighted by molar-refractivity contribution is 0.0479. The van der Waals surface area contributed by atoms with E-state index in [1.165, 1.54) is 11.3 Å². The molecule has 0 fully saturated rings. The molecule has 98 valence electrons. The van der Waals surface area contributed by atoms with Crippen molar-refractivity contribution in [2.45, 2.75) is 13.8 Å². The zero-order valence-electron chi connectivity index (χ0n) is 10.8. The van der Waals surface area contributed by atoms with Gasteiger partial charge in [-0.25, -0.2) is 4.79 Å². The van der Waals surface area contributed by atoms with Crippen LogP contribution in [0.1, 0.15) is 31.2 Å². The molecule has 0 aliphatic rings. The molecule has 0 saturated carbocycles. The predicted molar refractivity (Wildman–Crippen MR) is 74.8 cm³/mol. The number of esters is 1. The highest BCUT2D eigenvalue weighted by atomic mass is 32.1. The number of aryl methyl sites for hydroxylation is 2. The van der Waals surface area contributed by atoms with Crippen molar-refractivity contribution in [1.82, 2.24) is 0 Å². The van der Waals surface area contributed by atoms with E-state index < -0.39 is 5.97 Å². The Morgan fingerprint density at radius 2 is 1.95 bits per heavy atom. The molecule has 1 aromatic carbocycles. The molecule has 1 aromatic heterocycles. The lowest BCUT2D eigenvalue weighted by Crippen LogP contribution is -2.13. The summed E-state index contributed by atoms with van der Waals surface area (Å²) in [5.41, 5.74) is 2.75. The van der Waals surface area contributed by atoms with Crippen molar-refractivity contribution >= 4 is 23.1 Å². The van der Waals surface area contributed by atoms with Crippen molar-refractivity contribution in [3.8, 4) is 0 Å². The van der Waals surface area contributed by atoms with Gasteiger partial charge in [-0.1, -0.05) is 18.2 Å². The quantitative estimate of drug-likeness (QED) is 0.634. The van der Waals surface area contributed by atoms with Crippen LogP contribution in [0.15, 0.2) is 35.7 Å². The van der Waals surface area contributed by atoms with Crippen LogP contribution >= 0.6 is 11.3 Å². The molecule has 0 spiro atoms. The van der Waals surface area contributed by atoms with E-state index in [9.17, 15) is 9.59 Å². The van der Waals surface area contributed by atoms with Gasteiger partial charge in [-0.05, 0) is 42.5 Å². The summed E-state index contributed by atoms with van der Waals surface area (Å²) >= 11 is 1.30. The Kier molecular flexibility index (Phi) is 4.12. The standard InChI is InChI=1S/C15H14O3S/c1-10-5-6-12(8-11(10)2)13(16)9-18-15(17)14-4-3-7-19-14/h3-8H,9H2,1-2H3. The van der Waals surface area contributed by atoms with Gasteiger partial charge in [0, 0.05) is 5.56 Å². The maximum absolute atomic E-state index is 11.9. The maximum atomic E-state index is 11.9. The minimum Gasteiger partial charge on any atom is -0.453 e. The summed E-state index contributed by atoms with van der Waals surface area (Å²) in [7, 11) is 0. The second-order valence-electron chi connectivity index (χ2n) is 4.28. The summed E-state index contributed by atoms with van der Waals surface area (Å²) in [6.07, 6.45) is 0. The molecule has 2 rings (SSSR count). The predicted octanol–water partition coefficient (Wildman–Crippen LogP) is 3.40. The van der Waals surface area contributed by atoms with Crippen molar-refractivity contribution in [2.24, 2.45) is 0 Å². The normalized spacial score (nSPS) is 10.2. The molecule has 4 heteroatoms. The molecule has 0 unspecified atom stereocenters. The number of thiophene rings is 1. The first-order chi connectivity index (χ1) is 9.08. The maximum Gasteiger partial charge on any atom is 0.348 e. The molecular weight excluding hydrogens is 260 g/mol. The van der Waals surface area contributed by atoms with Crippen LogP contribution in [0.3, 0.4) is 0 Å². The van der Waals surface area contributed by atoms with Gasteiger partial charge in [0.15, 0.2) is 12.4 Å². The van der Waals surface area contributed by atoms with E-state index in [4.69, 9.17) is 4.74 Å². The molecule has 0 saturated heterocycles. The monoisotopic (exact) mass is 274 g/mol. The second-order valence-corrected chi connectivity index (χ2v) is 5.22. The number of Topliss-reactive ketones (excluding diaryl/α,β-unsaturated/α-hetero) is 1. The average molecular weight is 274 g/mol. The summed E-state index contributed by atoms with van der Waals surface area (Å²) in [6, 6.07) is 8.91. The van der Waals surface area contributed by atoms with Crippen LogP contribution in [-0.2, 0) is 4.74 Å². The first-order valence-electron chi connectivity index (χ1n) is 5.89. The van der Waals surface area contributed by atoms with Crippen LogP contribution in [0.5, 0.6) is 0 Å². The molecule has 3 nitrogen and oxygen atoms in total. The molecule has 0 bridgehead atoms. The molecule has 1 heterocycles. The van der Waals surface area contributed by atoms with E-state index in [2.05, 4.69) is 0 Å². The molecule has 0 radical (unpaired) electrons. The summed E-state index contributed by atoms with van der Waals surface area (Å²) in [4.78, 5) is 24.0. The largest absolute Gasteiger partial charge is 0.453 e. The Bertz CT molecular complexity index is 600. The number of rotatable bonds is 4. The van der Waals surface area contributed by atoms with Gasteiger partial charge in [0.1, 0.15) is 4.88 Å². The van der Waals surface area contributed by atoms with Crippen LogP contribution in [0.25, 0.3) is 0 Å².